The molecule has 0 saturated carbocycles. The standard InChI is InChI=1S/C17H20F3N5O/c18-13-10-15(20)14(19)8-11(13)7-12(21)9-16(26)24-3-5-25(6-4-24)17-22-1-2-23-17/h1-2,8,10,12H,3-7,9,21H2,(H,22,23)/t12-/m1/s1. The van der Waals surface area contributed by atoms with Gasteiger partial charge < -0.3 is 20.5 Å². The van der Waals surface area contributed by atoms with Crippen molar-refractivity contribution in [3.63, 3.8) is 0 Å². The summed E-state index contributed by atoms with van der Waals surface area (Å²) in [6.07, 6.45) is 3.38. The van der Waals surface area contributed by atoms with Gasteiger partial charge >= 0.3 is 0 Å². The Balaban J connectivity index is 1.51. The Morgan fingerprint density at radius 1 is 1.15 bits per heavy atom. The van der Waals surface area contributed by atoms with Gasteiger partial charge in [-0.25, -0.2) is 18.2 Å². The van der Waals surface area contributed by atoms with Gasteiger partial charge in [-0.05, 0) is 18.1 Å². The van der Waals surface area contributed by atoms with Crippen molar-refractivity contribution >= 4 is 11.9 Å². The Kier molecular flexibility index (Phi) is 5.46. The van der Waals surface area contributed by atoms with E-state index in [2.05, 4.69) is 9.97 Å². The van der Waals surface area contributed by atoms with E-state index in [0.29, 0.717) is 32.2 Å². The second-order valence-corrected chi connectivity index (χ2v) is 6.31. The lowest BCUT2D eigenvalue weighted by atomic mass is 10.0. The number of nitrogens with one attached hydrogen (secondary N) is 1. The number of aromatic nitrogens is 2. The van der Waals surface area contributed by atoms with Crippen LogP contribution in [-0.2, 0) is 11.2 Å². The molecular formula is C17H20F3N5O. The Bertz CT molecular complexity index is 760. The number of carbonyl (C=O) groups excluding carboxylic acids is 1. The van der Waals surface area contributed by atoms with Gasteiger partial charge in [-0.2, -0.15) is 0 Å². The van der Waals surface area contributed by atoms with Gasteiger partial charge in [0.05, 0.1) is 0 Å². The van der Waals surface area contributed by atoms with Gasteiger partial charge in [-0.1, -0.05) is 0 Å². The summed E-state index contributed by atoms with van der Waals surface area (Å²) in [6.45, 7) is 2.36. The molecule has 1 amide bonds. The third kappa shape index (κ3) is 4.16. The van der Waals surface area contributed by atoms with E-state index in [1.807, 2.05) is 4.90 Å². The highest BCUT2D eigenvalue weighted by atomic mass is 19.2. The molecule has 6 nitrogen and oxygen atoms in total. The molecule has 1 aromatic carbocycles. The maximum Gasteiger partial charge on any atom is 0.224 e. The number of rotatable bonds is 5. The molecule has 2 aromatic rings. The molecule has 0 aliphatic carbocycles. The minimum absolute atomic E-state index is 0.0131. The summed E-state index contributed by atoms with van der Waals surface area (Å²) in [5.74, 6) is -2.61. The quantitative estimate of drug-likeness (QED) is 0.784. The SMILES string of the molecule is N[C@@H](CC(=O)N1CCN(c2ncc[nH]2)CC1)Cc1cc(F)c(F)cc1F. The zero-order chi connectivity index (χ0) is 18.7. The number of amides is 1. The highest BCUT2D eigenvalue weighted by Crippen LogP contribution is 2.17. The number of carbonyl (C=O) groups is 1. The average molecular weight is 367 g/mol. The van der Waals surface area contributed by atoms with E-state index in [-0.39, 0.29) is 24.3 Å². The number of nitrogens with zero attached hydrogens (tertiary/aromatic N) is 3. The lowest BCUT2D eigenvalue weighted by Crippen LogP contribution is -2.50. The van der Waals surface area contributed by atoms with Gasteiger partial charge in [-0.15, -0.1) is 0 Å². The van der Waals surface area contributed by atoms with E-state index in [1.54, 1.807) is 17.3 Å². The molecule has 1 saturated heterocycles. The Hall–Kier alpha value is -2.55. The summed E-state index contributed by atoms with van der Waals surface area (Å²) in [5, 5.41) is 0. The molecule has 9 heteroatoms. The second-order valence-electron chi connectivity index (χ2n) is 6.31. The number of aromatic amines is 1. The Morgan fingerprint density at radius 3 is 2.50 bits per heavy atom. The number of hydrogen-bond donors (Lipinski definition) is 2. The molecule has 26 heavy (non-hydrogen) atoms. The smallest absolute Gasteiger partial charge is 0.224 e. The summed E-state index contributed by atoms with van der Waals surface area (Å²) >= 11 is 0. The van der Waals surface area contributed by atoms with E-state index in [0.717, 1.165) is 12.0 Å². The first kappa shape index (κ1) is 18.2. The monoisotopic (exact) mass is 367 g/mol. The van der Waals surface area contributed by atoms with Gasteiger partial charge in [0.25, 0.3) is 0 Å². The molecule has 0 unspecified atom stereocenters. The highest BCUT2D eigenvalue weighted by molar-refractivity contribution is 5.77. The predicted molar refractivity (Wildman–Crippen MR) is 90.0 cm³/mol. The number of nitrogens with two attached hydrogens (primary N) is 1. The second kappa shape index (κ2) is 7.77. The average Bonchev–Trinajstić information content (AvgIpc) is 3.14. The number of imidazole rings is 1. The van der Waals surface area contributed by atoms with Crippen LogP contribution in [0.5, 0.6) is 0 Å². The highest BCUT2D eigenvalue weighted by Gasteiger charge is 2.24. The van der Waals surface area contributed by atoms with E-state index >= 15 is 0 Å². The molecule has 1 atom stereocenters. The van der Waals surface area contributed by atoms with Gasteiger partial charge in [0.2, 0.25) is 11.9 Å². The van der Waals surface area contributed by atoms with Crippen LogP contribution in [0, 0.1) is 17.5 Å². The van der Waals surface area contributed by atoms with E-state index in [9.17, 15) is 18.0 Å². The summed E-state index contributed by atoms with van der Waals surface area (Å²) in [5.41, 5.74) is 5.88. The van der Waals surface area contributed by atoms with Crippen LogP contribution in [0.15, 0.2) is 24.5 Å². The molecule has 1 aliphatic heterocycles. The van der Waals surface area contributed by atoms with E-state index in [4.69, 9.17) is 5.73 Å². The van der Waals surface area contributed by atoms with Crippen LogP contribution in [0.4, 0.5) is 19.1 Å². The van der Waals surface area contributed by atoms with Crippen LogP contribution in [0.1, 0.15) is 12.0 Å². The fourth-order valence-corrected chi connectivity index (χ4v) is 3.03. The normalized spacial score (nSPS) is 16.0. The summed E-state index contributed by atoms with van der Waals surface area (Å²) in [4.78, 5) is 23.3. The van der Waals surface area contributed by atoms with Crippen molar-refractivity contribution in [1.82, 2.24) is 14.9 Å². The molecule has 2 heterocycles. The van der Waals surface area contributed by atoms with Crippen molar-refractivity contribution in [2.75, 3.05) is 31.1 Å². The molecule has 0 bridgehead atoms. The molecule has 0 spiro atoms. The predicted octanol–water partition coefficient (Wildman–Crippen LogP) is 1.44. The lowest BCUT2D eigenvalue weighted by Gasteiger charge is -2.35. The van der Waals surface area contributed by atoms with Crippen LogP contribution in [-0.4, -0.2) is 53.0 Å². The van der Waals surface area contributed by atoms with Crippen LogP contribution in [0.2, 0.25) is 0 Å². The van der Waals surface area contributed by atoms with Crippen molar-refractivity contribution in [3.8, 4) is 0 Å². The van der Waals surface area contributed by atoms with Crippen molar-refractivity contribution < 1.29 is 18.0 Å². The van der Waals surface area contributed by atoms with Crippen molar-refractivity contribution in [2.45, 2.75) is 18.9 Å². The molecule has 3 rings (SSSR count). The third-order valence-corrected chi connectivity index (χ3v) is 4.42. The maximum atomic E-state index is 13.7. The first-order chi connectivity index (χ1) is 12.4. The Morgan fingerprint density at radius 2 is 1.85 bits per heavy atom. The number of hydrogen-bond acceptors (Lipinski definition) is 4. The zero-order valence-corrected chi connectivity index (χ0v) is 14.1. The molecule has 140 valence electrons. The first-order valence-electron chi connectivity index (χ1n) is 8.35. The Labute approximate surface area is 148 Å². The van der Waals surface area contributed by atoms with Gasteiger partial charge in [0, 0.05) is 57.1 Å². The molecular weight excluding hydrogens is 347 g/mol. The number of H-pyrrole nitrogens is 1. The fourth-order valence-electron chi connectivity index (χ4n) is 3.03. The number of halogens is 3. The van der Waals surface area contributed by atoms with Crippen LogP contribution < -0.4 is 10.6 Å². The van der Waals surface area contributed by atoms with Gasteiger partial charge in [0.15, 0.2) is 11.6 Å². The summed E-state index contributed by atoms with van der Waals surface area (Å²) in [7, 11) is 0. The van der Waals surface area contributed by atoms with E-state index < -0.39 is 23.5 Å². The van der Waals surface area contributed by atoms with Crippen molar-refractivity contribution in [2.24, 2.45) is 5.73 Å². The topological polar surface area (TPSA) is 78.2 Å². The van der Waals surface area contributed by atoms with Gasteiger partial charge in [0.1, 0.15) is 5.82 Å². The molecule has 3 N–H and O–H groups in total. The minimum Gasteiger partial charge on any atom is -0.339 e. The van der Waals surface area contributed by atoms with Crippen molar-refractivity contribution in [3.05, 3.63) is 47.5 Å². The van der Waals surface area contributed by atoms with Crippen molar-refractivity contribution in [1.29, 1.82) is 0 Å². The minimum atomic E-state index is -1.25. The molecule has 0 radical (unpaired) electrons. The van der Waals surface area contributed by atoms with E-state index in [1.165, 1.54) is 0 Å². The third-order valence-electron chi connectivity index (χ3n) is 4.42. The zero-order valence-electron chi connectivity index (χ0n) is 14.1. The summed E-state index contributed by atoms with van der Waals surface area (Å²) < 4.78 is 39.9. The molecule has 1 aromatic heterocycles. The van der Waals surface area contributed by atoms with Crippen LogP contribution >= 0.6 is 0 Å². The number of piperazine rings is 1. The first-order valence-corrected chi connectivity index (χ1v) is 8.35. The fraction of sp³-hybridized carbons (Fsp3) is 0.412. The lowest BCUT2D eigenvalue weighted by molar-refractivity contribution is -0.131. The molecule has 1 aliphatic rings. The molecule has 1 fully saturated rings. The number of anilines is 1. The largest absolute Gasteiger partial charge is 0.339 e. The van der Waals surface area contributed by atoms with Crippen LogP contribution in [0.3, 0.4) is 0 Å². The van der Waals surface area contributed by atoms with Crippen LogP contribution in [0.25, 0.3) is 0 Å². The van der Waals surface area contributed by atoms with Gasteiger partial charge in [-0.3, -0.25) is 4.79 Å². The summed E-state index contributed by atoms with van der Waals surface area (Å²) in [6, 6.07) is 0.606. The maximum absolute atomic E-state index is 13.7. The number of benzene rings is 1.